The highest BCUT2D eigenvalue weighted by Crippen LogP contribution is 2.29. The van der Waals surface area contributed by atoms with Crippen molar-refractivity contribution in [1.29, 1.82) is 0 Å². The molecule has 19 heavy (non-hydrogen) atoms. The molecule has 2 fully saturated rings. The van der Waals surface area contributed by atoms with Gasteiger partial charge in [-0.05, 0) is 25.7 Å². The molecule has 0 aromatic rings. The average Bonchev–Trinajstić information content (AvgIpc) is 2.38. The molecule has 0 aliphatic heterocycles. The molecule has 0 bridgehead atoms. The second-order valence-corrected chi connectivity index (χ2v) is 6.66. The van der Waals surface area contributed by atoms with Crippen molar-refractivity contribution in [3.05, 3.63) is 0 Å². The molecule has 2 aliphatic carbocycles. The highest BCUT2D eigenvalue weighted by atomic mass is 16.3. The van der Waals surface area contributed by atoms with E-state index in [-0.39, 0.29) is 11.4 Å². The van der Waals surface area contributed by atoms with E-state index in [0.29, 0.717) is 13.0 Å². The van der Waals surface area contributed by atoms with Gasteiger partial charge < -0.3 is 16.2 Å². The van der Waals surface area contributed by atoms with Crippen molar-refractivity contribution in [1.82, 2.24) is 5.32 Å². The van der Waals surface area contributed by atoms with Crippen LogP contribution in [0.3, 0.4) is 0 Å². The first kappa shape index (κ1) is 14.8. The number of amides is 1. The molecule has 0 heterocycles. The number of aliphatic hydroxyl groups is 1. The van der Waals surface area contributed by atoms with Gasteiger partial charge in [-0.25, -0.2) is 0 Å². The molecule has 0 aromatic heterocycles. The number of nitrogens with one attached hydrogen (secondary N) is 1. The fourth-order valence-corrected chi connectivity index (χ4v) is 3.46. The normalized spacial score (nSPS) is 25.8. The van der Waals surface area contributed by atoms with E-state index in [1.54, 1.807) is 0 Å². The number of nitrogens with two attached hydrogens (primary N) is 1. The van der Waals surface area contributed by atoms with Crippen LogP contribution in [0.25, 0.3) is 0 Å². The summed E-state index contributed by atoms with van der Waals surface area (Å²) in [6.07, 6.45) is 10.7. The molecule has 0 spiro atoms. The summed E-state index contributed by atoms with van der Waals surface area (Å²) >= 11 is 0. The van der Waals surface area contributed by atoms with Gasteiger partial charge in [0.15, 0.2) is 0 Å². The van der Waals surface area contributed by atoms with Crippen LogP contribution in [0.5, 0.6) is 0 Å². The molecular formula is C15H28N2O2. The average molecular weight is 268 g/mol. The molecule has 0 radical (unpaired) electrons. The van der Waals surface area contributed by atoms with Gasteiger partial charge in [0.2, 0.25) is 5.91 Å². The summed E-state index contributed by atoms with van der Waals surface area (Å²) in [5, 5.41) is 13.2. The van der Waals surface area contributed by atoms with Crippen molar-refractivity contribution in [3.63, 3.8) is 0 Å². The van der Waals surface area contributed by atoms with E-state index in [1.165, 1.54) is 12.8 Å². The molecular weight excluding hydrogens is 240 g/mol. The Morgan fingerprint density at radius 3 is 2.11 bits per heavy atom. The van der Waals surface area contributed by atoms with Gasteiger partial charge in [-0.1, -0.05) is 38.5 Å². The molecule has 0 unspecified atom stereocenters. The van der Waals surface area contributed by atoms with E-state index in [1.807, 2.05) is 0 Å². The summed E-state index contributed by atoms with van der Waals surface area (Å²) in [5.41, 5.74) is 5.29. The van der Waals surface area contributed by atoms with E-state index in [4.69, 9.17) is 5.73 Å². The third-order valence-electron chi connectivity index (χ3n) is 4.76. The summed E-state index contributed by atoms with van der Waals surface area (Å²) in [4.78, 5) is 12.0. The van der Waals surface area contributed by atoms with Crippen LogP contribution in [-0.2, 0) is 4.79 Å². The van der Waals surface area contributed by atoms with Crippen molar-refractivity contribution in [2.24, 2.45) is 5.73 Å². The number of hydrogen-bond donors (Lipinski definition) is 3. The van der Waals surface area contributed by atoms with Crippen LogP contribution in [-0.4, -0.2) is 28.7 Å². The maximum atomic E-state index is 12.0. The Morgan fingerprint density at radius 2 is 1.53 bits per heavy atom. The molecule has 2 aliphatic rings. The van der Waals surface area contributed by atoms with Gasteiger partial charge in [0.05, 0.1) is 5.60 Å². The zero-order valence-corrected chi connectivity index (χ0v) is 11.9. The van der Waals surface area contributed by atoms with Crippen LogP contribution in [0.2, 0.25) is 0 Å². The van der Waals surface area contributed by atoms with Crippen LogP contribution in [0.1, 0.15) is 70.6 Å². The largest absolute Gasteiger partial charge is 0.388 e. The minimum Gasteiger partial charge on any atom is -0.388 e. The third kappa shape index (κ3) is 4.46. The Labute approximate surface area is 116 Å². The van der Waals surface area contributed by atoms with Crippen LogP contribution in [0.15, 0.2) is 0 Å². The monoisotopic (exact) mass is 268 g/mol. The Bertz CT molecular complexity index is 305. The van der Waals surface area contributed by atoms with E-state index in [2.05, 4.69) is 5.32 Å². The van der Waals surface area contributed by atoms with E-state index in [9.17, 15) is 9.90 Å². The number of hydrogen-bond acceptors (Lipinski definition) is 3. The predicted molar refractivity (Wildman–Crippen MR) is 75.7 cm³/mol. The summed E-state index contributed by atoms with van der Waals surface area (Å²) in [6.45, 7) is 0.391. The highest BCUT2D eigenvalue weighted by Gasteiger charge is 2.32. The van der Waals surface area contributed by atoms with Gasteiger partial charge in [-0.3, -0.25) is 4.79 Å². The molecule has 1 amide bonds. The van der Waals surface area contributed by atoms with Crippen molar-refractivity contribution in [2.75, 3.05) is 6.54 Å². The molecule has 0 atom stereocenters. The molecule has 4 nitrogen and oxygen atoms in total. The van der Waals surface area contributed by atoms with Gasteiger partial charge in [-0.15, -0.1) is 0 Å². The van der Waals surface area contributed by atoms with E-state index >= 15 is 0 Å². The minimum absolute atomic E-state index is 0.00315. The lowest BCUT2D eigenvalue weighted by Gasteiger charge is -2.34. The third-order valence-corrected chi connectivity index (χ3v) is 4.76. The lowest BCUT2D eigenvalue weighted by atomic mass is 9.80. The lowest BCUT2D eigenvalue weighted by Crippen LogP contribution is -2.49. The Morgan fingerprint density at radius 1 is 1.00 bits per heavy atom. The van der Waals surface area contributed by atoms with Gasteiger partial charge in [-0.2, -0.15) is 0 Å². The maximum Gasteiger partial charge on any atom is 0.221 e. The van der Waals surface area contributed by atoms with Crippen LogP contribution in [0, 0.1) is 0 Å². The smallest absolute Gasteiger partial charge is 0.221 e. The number of carbonyl (C=O) groups is 1. The van der Waals surface area contributed by atoms with Crippen molar-refractivity contribution >= 4 is 5.91 Å². The topological polar surface area (TPSA) is 75.4 Å². The van der Waals surface area contributed by atoms with Gasteiger partial charge in [0.25, 0.3) is 0 Å². The Kier molecular flexibility index (Phi) is 4.85. The second kappa shape index (κ2) is 6.23. The molecule has 110 valence electrons. The molecule has 2 rings (SSSR count). The first-order chi connectivity index (χ1) is 9.02. The lowest BCUT2D eigenvalue weighted by molar-refractivity contribution is -0.124. The Hall–Kier alpha value is -0.610. The zero-order valence-electron chi connectivity index (χ0n) is 11.9. The highest BCUT2D eigenvalue weighted by molar-refractivity contribution is 5.77. The summed E-state index contributed by atoms with van der Waals surface area (Å²) in [7, 11) is 0. The summed E-state index contributed by atoms with van der Waals surface area (Å²) in [5.74, 6) is 0.00315. The molecule has 4 N–H and O–H groups in total. The zero-order chi connectivity index (χ0) is 13.8. The first-order valence-corrected chi connectivity index (χ1v) is 7.79. The quantitative estimate of drug-likeness (QED) is 0.728. The van der Waals surface area contributed by atoms with Gasteiger partial charge in [0.1, 0.15) is 0 Å². The minimum atomic E-state index is -0.678. The molecule has 0 aromatic carbocycles. The van der Waals surface area contributed by atoms with Crippen molar-refractivity contribution in [2.45, 2.75) is 81.8 Å². The standard InChI is InChI=1S/C15H28N2O2/c16-14(7-3-1-4-8-14)11-13(18)17-12-15(19)9-5-2-6-10-15/h19H,1-12,16H2,(H,17,18). The molecule has 2 saturated carbocycles. The van der Waals surface area contributed by atoms with Gasteiger partial charge >= 0.3 is 0 Å². The van der Waals surface area contributed by atoms with Crippen LogP contribution in [0.4, 0.5) is 0 Å². The molecule has 0 saturated heterocycles. The van der Waals surface area contributed by atoms with E-state index < -0.39 is 5.60 Å². The molecule has 4 heteroatoms. The fourth-order valence-electron chi connectivity index (χ4n) is 3.46. The summed E-state index contributed by atoms with van der Waals surface area (Å²) in [6, 6.07) is 0. The van der Waals surface area contributed by atoms with Gasteiger partial charge in [0, 0.05) is 18.5 Å². The Balaban J connectivity index is 1.74. The fraction of sp³-hybridized carbons (Fsp3) is 0.933. The van der Waals surface area contributed by atoms with Crippen molar-refractivity contribution in [3.8, 4) is 0 Å². The van der Waals surface area contributed by atoms with Crippen LogP contribution >= 0.6 is 0 Å². The first-order valence-electron chi connectivity index (χ1n) is 7.79. The van der Waals surface area contributed by atoms with Crippen molar-refractivity contribution < 1.29 is 9.90 Å². The summed E-state index contributed by atoms with van der Waals surface area (Å²) < 4.78 is 0. The second-order valence-electron chi connectivity index (χ2n) is 6.66. The number of carbonyl (C=O) groups excluding carboxylic acids is 1. The maximum absolute atomic E-state index is 12.0. The SMILES string of the molecule is NC1(CC(=O)NCC2(O)CCCCC2)CCCCC1. The van der Waals surface area contributed by atoms with Crippen LogP contribution < -0.4 is 11.1 Å². The van der Waals surface area contributed by atoms with E-state index in [0.717, 1.165) is 51.4 Å². The number of rotatable bonds is 4. The predicted octanol–water partition coefficient (Wildman–Crippen LogP) is 1.85.